The lowest BCUT2D eigenvalue weighted by atomic mass is 10.1. The van der Waals surface area contributed by atoms with Gasteiger partial charge in [0.15, 0.2) is 0 Å². The molecule has 1 aromatic rings. The van der Waals surface area contributed by atoms with Crippen LogP contribution in [-0.4, -0.2) is 23.4 Å². The highest BCUT2D eigenvalue weighted by Gasteiger charge is 2.08. The van der Waals surface area contributed by atoms with Gasteiger partial charge in [0.1, 0.15) is 0 Å². The molecule has 0 saturated heterocycles. The number of carbonyl (C=O) groups is 2. The Morgan fingerprint density at radius 2 is 1.81 bits per heavy atom. The molecule has 0 heterocycles. The van der Waals surface area contributed by atoms with Gasteiger partial charge in [0, 0.05) is 12.1 Å². The van der Waals surface area contributed by atoms with Crippen LogP contribution in [0.15, 0.2) is 24.3 Å². The SMILES string of the molecule is CCN(N)C(=O)Cc1ccc(C(N)=O)cc1. The van der Waals surface area contributed by atoms with E-state index in [0.717, 1.165) is 10.6 Å². The molecule has 5 nitrogen and oxygen atoms in total. The van der Waals surface area contributed by atoms with Crippen LogP contribution in [0.3, 0.4) is 0 Å². The van der Waals surface area contributed by atoms with E-state index in [1.54, 1.807) is 31.2 Å². The fourth-order valence-corrected chi connectivity index (χ4v) is 1.24. The van der Waals surface area contributed by atoms with Gasteiger partial charge in [-0.2, -0.15) is 0 Å². The molecule has 1 aromatic carbocycles. The number of hydrogen-bond donors (Lipinski definition) is 2. The van der Waals surface area contributed by atoms with Crippen molar-refractivity contribution in [1.29, 1.82) is 0 Å². The fraction of sp³-hybridized carbons (Fsp3) is 0.273. The zero-order valence-corrected chi connectivity index (χ0v) is 9.14. The van der Waals surface area contributed by atoms with Crippen molar-refractivity contribution >= 4 is 11.8 Å². The quantitative estimate of drug-likeness (QED) is 0.427. The van der Waals surface area contributed by atoms with Crippen LogP contribution in [0.1, 0.15) is 22.8 Å². The number of primary amides is 1. The lowest BCUT2D eigenvalue weighted by Crippen LogP contribution is -2.38. The summed E-state index contributed by atoms with van der Waals surface area (Å²) in [4.78, 5) is 22.3. The van der Waals surface area contributed by atoms with Gasteiger partial charge in [0.25, 0.3) is 0 Å². The minimum atomic E-state index is -0.480. The van der Waals surface area contributed by atoms with Gasteiger partial charge in [-0.1, -0.05) is 12.1 Å². The number of rotatable bonds is 4. The average molecular weight is 221 g/mol. The minimum absolute atomic E-state index is 0.158. The first-order valence-corrected chi connectivity index (χ1v) is 4.98. The van der Waals surface area contributed by atoms with Crippen molar-refractivity contribution in [3.05, 3.63) is 35.4 Å². The Morgan fingerprint density at radius 1 is 1.25 bits per heavy atom. The normalized spacial score (nSPS) is 9.88. The Bertz CT molecular complexity index is 387. The maximum atomic E-state index is 11.5. The second-order valence-corrected chi connectivity index (χ2v) is 3.42. The highest BCUT2D eigenvalue weighted by molar-refractivity contribution is 5.92. The first-order valence-electron chi connectivity index (χ1n) is 4.98. The van der Waals surface area contributed by atoms with E-state index in [2.05, 4.69) is 0 Å². The molecule has 0 spiro atoms. The lowest BCUT2D eigenvalue weighted by Gasteiger charge is -2.13. The molecular formula is C11H15N3O2. The first kappa shape index (κ1) is 12.2. The van der Waals surface area contributed by atoms with E-state index in [1.165, 1.54) is 0 Å². The van der Waals surface area contributed by atoms with E-state index in [1.807, 2.05) is 0 Å². The predicted molar refractivity (Wildman–Crippen MR) is 60.2 cm³/mol. The van der Waals surface area contributed by atoms with Crippen LogP contribution in [0.25, 0.3) is 0 Å². The van der Waals surface area contributed by atoms with Crippen LogP contribution in [0, 0.1) is 0 Å². The number of nitrogens with zero attached hydrogens (tertiary/aromatic N) is 1. The third kappa shape index (κ3) is 3.06. The van der Waals surface area contributed by atoms with E-state index in [-0.39, 0.29) is 12.3 Å². The van der Waals surface area contributed by atoms with E-state index < -0.39 is 5.91 Å². The summed E-state index contributed by atoms with van der Waals surface area (Å²) in [6.07, 6.45) is 0.226. The molecule has 1 rings (SSSR count). The summed E-state index contributed by atoms with van der Waals surface area (Å²) in [6, 6.07) is 6.58. The summed E-state index contributed by atoms with van der Waals surface area (Å²) >= 11 is 0. The Labute approximate surface area is 94.0 Å². The number of hydrazine groups is 1. The number of nitrogens with two attached hydrogens (primary N) is 2. The summed E-state index contributed by atoms with van der Waals surface area (Å²) in [5, 5.41) is 1.15. The Kier molecular flexibility index (Phi) is 4.02. The highest BCUT2D eigenvalue weighted by atomic mass is 16.2. The Morgan fingerprint density at radius 3 is 2.25 bits per heavy atom. The number of hydrogen-bond acceptors (Lipinski definition) is 3. The predicted octanol–water partition coefficient (Wildman–Crippen LogP) is 0.0502. The molecule has 0 unspecified atom stereocenters. The van der Waals surface area contributed by atoms with Gasteiger partial charge in [0.2, 0.25) is 11.8 Å². The van der Waals surface area contributed by atoms with E-state index in [4.69, 9.17) is 11.6 Å². The summed E-state index contributed by atoms with van der Waals surface area (Å²) in [5.74, 6) is 4.81. The molecular weight excluding hydrogens is 206 g/mol. The number of benzene rings is 1. The maximum absolute atomic E-state index is 11.5. The molecule has 0 aliphatic carbocycles. The molecule has 0 aliphatic rings. The van der Waals surface area contributed by atoms with Crippen LogP contribution in [0.4, 0.5) is 0 Å². The van der Waals surface area contributed by atoms with Crippen LogP contribution in [-0.2, 0) is 11.2 Å². The average Bonchev–Trinajstić information content (AvgIpc) is 2.28. The van der Waals surface area contributed by atoms with Gasteiger partial charge in [-0.05, 0) is 24.6 Å². The van der Waals surface area contributed by atoms with E-state index in [0.29, 0.717) is 12.1 Å². The topological polar surface area (TPSA) is 89.4 Å². The molecule has 2 amide bonds. The molecule has 16 heavy (non-hydrogen) atoms. The maximum Gasteiger partial charge on any atom is 0.248 e. The third-order valence-electron chi connectivity index (χ3n) is 2.25. The van der Waals surface area contributed by atoms with E-state index >= 15 is 0 Å². The Hall–Kier alpha value is -1.88. The number of likely N-dealkylation sites (N-methyl/N-ethyl adjacent to an activating group) is 1. The summed E-state index contributed by atoms with van der Waals surface area (Å²) in [5.41, 5.74) is 6.33. The van der Waals surface area contributed by atoms with Gasteiger partial charge >= 0.3 is 0 Å². The molecule has 5 heteroatoms. The number of amides is 2. The van der Waals surface area contributed by atoms with Gasteiger partial charge in [0.05, 0.1) is 6.42 Å². The molecule has 0 aromatic heterocycles. The van der Waals surface area contributed by atoms with E-state index in [9.17, 15) is 9.59 Å². The van der Waals surface area contributed by atoms with Crippen LogP contribution >= 0.6 is 0 Å². The smallest absolute Gasteiger partial charge is 0.248 e. The lowest BCUT2D eigenvalue weighted by molar-refractivity contribution is -0.130. The van der Waals surface area contributed by atoms with Crippen LogP contribution < -0.4 is 11.6 Å². The molecule has 0 saturated carbocycles. The monoisotopic (exact) mass is 221 g/mol. The van der Waals surface area contributed by atoms with Crippen molar-refractivity contribution in [3.8, 4) is 0 Å². The van der Waals surface area contributed by atoms with Crippen molar-refractivity contribution in [1.82, 2.24) is 5.01 Å². The number of carbonyl (C=O) groups excluding carboxylic acids is 2. The molecule has 86 valence electrons. The summed E-state index contributed by atoms with van der Waals surface area (Å²) in [7, 11) is 0. The minimum Gasteiger partial charge on any atom is -0.366 e. The van der Waals surface area contributed by atoms with Crippen LogP contribution in [0.2, 0.25) is 0 Å². The summed E-state index contributed by atoms with van der Waals surface area (Å²) in [6.45, 7) is 2.27. The molecule has 0 radical (unpaired) electrons. The van der Waals surface area contributed by atoms with Crippen molar-refractivity contribution in [2.75, 3.05) is 6.54 Å². The highest BCUT2D eigenvalue weighted by Crippen LogP contribution is 2.05. The van der Waals surface area contributed by atoms with Crippen molar-refractivity contribution in [3.63, 3.8) is 0 Å². The van der Waals surface area contributed by atoms with Crippen molar-refractivity contribution in [2.24, 2.45) is 11.6 Å². The first-order chi connectivity index (χ1) is 7.54. The Balaban J connectivity index is 2.69. The molecule has 0 aliphatic heterocycles. The summed E-state index contributed by atoms with van der Waals surface area (Å²) < 4.78 is 0. The second-order valence-electron chi connectivity index (χ2n) is 3.42. The third-order valence-corrected chi connectivity index (χ3v) is 2.25. The molecule has 0 bridgehead atoms. The fourth-order valence-electron chi connectivity index (χ4n) is 1.24. The van der Waals surface area contributed by atoms with Gasteiger partial charge in [-0.15, -0.1) is 0 Å². The molecule has 0 atom stereocenters. The zero-order valence-electron chi connectivity index (χ0n) is 9.14. The second kappa shape index (κ2) is 5.27. The van der Waals surface area contributed by atoms with Crippen molar-refractivity contribution < 1.29 is 9.59 Å². The standard InChI is InChI=1S/C11H15N3O2/c1-2-14(13)10(15)7-8-3-5-9(6-4-8)11(12)16/h3-6H,2,7,13H2,1H3,(H2,12,16). The zero-order chi connectivity index (χ0) is 12.1. The van der Waals surface area contributed by atoms with Gasteiger partial charge < -0.3 is 5.73 Å². The molecule has 4 N–H and O–H groups in total. The largest absolute Gasteiger partial charge is 0.366 e. The molecule has 0 fully saturated rings. The van der Waals surface area contributed by atoms with Crippen LogP contribution in [0.5, 0.6) is 0 Å². The van der Waals surface area contributed by atoms with Gasteiger partial charge in [-0.25, -0.2) is 5.84 Å². The van der Waals surface area contributed by atoms with Crippen molar-refractivity contribution in [2.45, 2.75) is 13.3 Å². The van der Waals surface area contributed by atoms with Gasteiger partial charge in [-0.3, -0.25) is 14.6 Å².